The molecule has 0 saturated heterocycles. The van der Waals surface area contributed by atoms with Gasteiger partial charge in [-0.3, -0.25) is 4.79 Å². The summed E-state index contributed by atoms with van der Waals surface area (Å²) in [4.78, 5) is 23.6. The number of ether oxygens (including phenoxy) is 4. The first-order valence-electron chi connectivity index (χ1n) is 7.82. The molecule has 26 heavy (non-hydrogen) atoms. The normalized spacial score (nSPS) is 12.0. The van der Waals surface area contributed by atoms with E-state index in [0.717, 1.165) is 5.56 Å². The van der Waals surface area contributed by atoms with E-state index in [1.165, 1.54) is 6.08 Å². The smallest absolute Gasteiger partial charge is 0.331 e. The van der Waals surface area contributed by atoms with E-state index in [1.807, 2.05) is 12.1 Å². The molecule has 0 atom stereocenters. The van der Waals surface area contributed by atoms with Gasteiger partial charge in [0, 0.05) is 17.8 Å². The predicted octanol–water partition coefficient (Wildman–Crippen LogP) is 2.62. The fourth-order valence-electron chi connectivity index (χ4n) is 2.27. The second-order valence-electron chi connectivity index (χ2n) is 5.33. The highest BCUT2D eigenvalue weighted by Crippen LogP contribution is 2.34. The van der Waals surface area contributed by atoms with Crippen LogP contribution in [0.4, 0.5) is 5.69 Å². The number of hydrogen-bond donors (Lipinski definition) is 1. The molecule has 0 aliphatic carbocycles. The monoisotopic (exact) mass is 355 g/mol. The number of benzene rings is 2. The first-order valence-corrected chi connectivity index (χ1v) is 7.82. The maximum atomic E-state index is 11.9. The zero-order valence-electron chi connectivity index (χ0n) is 14.1. The summed E-state index contributed by atoms with van der Waals surface area (Å²) in [6.45, 7) is -0.236. The van der Waals surface area contributed by atoms with Crippen LogP contribution >= 0.6 is 0 Å². The third kappa shape index (κ3) is 4.54. The molecule has 1 amide bonds. The van der Waals surface area contributed by atoms with Gasteiger partial charge in [0.15, 0.2) is 18.1 Å². The first kappa shape index (κ1) is 17.3. The molecule has 134 valence electrons. The summed E-state index contributed by atoms with van der Waals surface area (Å²) in [5, 5.41) is 2.62. The summed E-state index contributed by atoms with van der Waals surface area (Å²) in [5.41, 5.74) is 1.31. The van der Waals surface area contributed by atoms with Crippen LogP contribution in [0.1, 0.15) is 5.56 Å². The van der Waals surface area contributed by atoms with Gasteiger partial charge in [-0.15, -0.1) is 0 Å². The van der Waals surface area contributed by atoms with Crippen LogP contribution < -0.4 is 19.5 Å². The minimum atomic E-state index is -0.617. The molecule has 1 aliphatic heterocycles. The predicted molar refractivity (Wildman–Crippen MR) is 94.2 cm³/mol. The fourth-order valence-corrected chi connectivity index (χ4v) is 2.27. The molecule has 0 bridgehead atoms. The molecule has 0 unspecified atom stereocenters. The molecular weight excluding hydrogens is 338 g/mol. The van der Waals surface area contributed by atoms with Crippen molar-refractivity contribution < 1.29 is 28.5 Å². The second-order valence-corrected chi connectivity index (χ2v) is 5.33. The van der Waals surface area contributed by atoms with Crippen molar-refractivity contribution >= 4 is 23.6 Å². The Balaban J connectivity index is 1.47. The summed E-state index contributed by atoms with van der Waals surface area (Å²) in [6.07, 6.45) is 2.84. The number of esters is 1. The lowest BCUT2D eigenvalue weighted by Gasteiger charge is -2.06. The van der Waals surface area contributed by atoms with Gasteiger partial charge in [-0.25, -0.2) is 4.79 Å². The molecule has 7 heteroatoms. The standard InChI is InChI=1S/C19H17NO6/c1-23-15-4-2-3-13(9-15)5-8-19(22)24-11-18(21)20-14-6-7-16-17(10-14)26-12-25-16/h2-10H,11-12H2,1H3,(H,20,21). The Morgan fingerprint density at radius 1 is 1.15 bits per heavy atom. The van der Waals surface area contributed by atoms with E-state index in [1.54, 1.807) is 43.5 Å². The second kappa shape index (κ2) is 8.06. The van der Waals surface area contributed by atoms with E-state index >= 15 is 0 Å². The van der Waals surface area contributed by atoms with E-state index in [2.05, 4.69) is 5.32 Å². The largest absolute Gasteiger partial charge is 0.497 e. The number of carbonyl (C=O) groups is 2. The van der Waals surface area contributed by atoms with Gasteiger partial charge in [0.1, 0.15) is 5.75 Å². The van der Waals surface area contributed by atoms with Crippen molar-refractivity contribution in [3.8, 4) is 17.2 Å². The van der Waals surface area contributed by atoms with Crippen molar-refractivity contribution in [2.75, 3.05) is 25.8 Å². The molecule has 0 aromatic heterocycles. The molecular formula is C19H17NO6. The molecule has 2 aromatic carbocycles. The van der Waals surface area contributed by atoms with Crippen molar-refractivity contribution in [2.45, 2.75) is 0 Å². The molecule has 0 spiro atoms. The van der Waals surface area contributed by atoms with Gasteiger partial charge in [0.05, 0.1) is 7.11 Å². The number of amides is 1. The molecule has 1 aliphatic rings. The molecule has 0 radical (unpaired) electrons. The van der Waals surface area contributed by atoms with Crippen LogP contribution in [0.25, 0.3) is 6.08 Å². The average molecular weight is 355 g/mol. The summed E-state index contributed by atoms with van der Waals surface area (Å²) in [5.74, 6) is 0.794. The number of methoxy groups -OCH3 is 1. The van der Waals surface area contributed by atoms with Crippen molar-refractivity contribution in [3.63, 3.8) is 0 Å². The van der Waals surface area contributed by atoms with E-state index < -0.39 is 18.5 Å². The summed E-state index contributed by atoms with van der Waals surface area (Å²) in [6, 6.07) is 12.2. The molecule has 0 saturated carbocycles. The highest BCUT2D eigenvalue weighted by Gasteiger charge is 2.14. The van der Waals surface area contributed by atoms with Gasteiger partial charge in [-0.1, -0.05) is 12.1 Å². The summed E-state index contributed by atoms with van der Waals surface area (Å²) >= 11 is 0. The molecule has 1 N–H and O–H groups in total. The number of fused-ring (bicyclic) bond motifs is 1. The lowest BCUT2D eigenvalue weighted by molar-refractivity contribution is -0.142. The summed E-state index contributed by atoms with van der Waals surface area (Å²) in [7, 11) is 1.57. The zero-order valence-corrected chi connectivity index (χ0v) is 14.1. The van der Waals surface area contributed by atoms with Crippen LogP contribution in [0, 0.1) is 0 Å². The molecule has 0 fully saturated rings. The zero-order chi connectivity index (χ0) is 18.4. The Hall–Kier alpha value is -3.48. The molecule has 2 aromatic rings. The minimum Gasteiger partial charge on any atom is -0.497 e. The van der Waals surface area contributed by atoms with E-state index in [9.17, 15) is 9.59 Å². The quantitative estimate of drug-likeness (QED) is 0.633. The Morgan fingerprint density at radius 2 is 2.00 bits per heavy atom. The molecule has 7 nitrogen and oxygen atoms in total. The first-order chi connectivity index (χ1) is 12.6. The van der Waals surface area contributed by atoms with E-state index in [0.29, 0.717) is 22.9 Å². The highest BCUT2D eigenvalue weighted by molar-refractivity contribution is 5.94. The van der Waals surface area contributed by atoms with Crippen molar-refractivity contribution in [1.29, 1.82) is 0 Å². The topological polar surface area (TPSA) is 83.1 Å². The van der Waals surface area contributed by atoms with Gasteiger partial charge < -0.3 is 24.3 Å². The van der Waals surface area contributed by atoms with Crippen LogP contribution in [0.15, 0.2) is 48.5 Å². The number of nitrogens with one attached hydrogen (secondary N) is 1. The Labute approximate surface area is 150 Å². The third-order valence-electron chi connectivity index (χ3n) is 3.51. The maximum Gasteiger partial charge on any atom is 0.331 e. The van der Waals surface area contributed by atoms with Crippen molar-refractivity contribution in [2.24, 2.45) is 0 Å². The number of rotatable bonds is 6. The number of anilines is 1. The number of carbonyl (C=O) groups excluding carboxylic acids is 2. The van der Waals surface area contributed by atoms with E-state index in [-0.39, 0.29) is 6.79 Å². The Bertz CT molecular complexity index is 846. The highest BCUT2D eigenvalue weighted by atomic mass is 16.7. The number of hydrogen-bond acceptors (Lipinski definition) is 6. The van der Waals surface area contributed by atoms with Crippen LogP contribution in [0.3, 0.4) is 0 Å². The van der Waals surface area contributed by atoms with Crippen LogP contribution in [-0.4, -0.2) is 32.4 Å². The summed E-state index contributed by atoms with van der Waals surface area (Å²) < 4.78 is 20.5. The van der Waals surface area contributed by atoms with E-state index in [4.69, 9.17) is 18.9 Å². The molecule has 3 rings (SSSR count). The molecule has 1 heterocycles. The minimum absolute atomic E-state index is 0.157. The fraction of sp³-hybridized carbons (Fsp3) is 0.158. The van der Waals surface area contributed by atoms with Crippen LogP contribution in [0.5, 0.6) is 17.2 Å². The maximum absolute atomic E-state index is 11.9. The van der Waals surface area contributed by atoms with Crippen molar-refractivity contribution in [3.05, 3.63) is 54.1 Å². The van der Waals surface area contributed by atoms with Gasteiger partial charge in [0.25, 0.3) is 5.91 Å². The SMILES string of the molecule is COc1cccc(C=CC(=O)OCC(=O)Nc2ccc3c(c2)OCO3)c1. The lowest BCUT2D eigenvalue weighted by atomic mass is 10.2. The van der Waals surface area contributed by atoms with Gasteiger partial charge in [0.2, 0.25) is 6.79 Å². The average Bonchev–Trinajstić information content (AvgIpc) is 3.12. The Morgan fingerprint density at radius 3 is 2.85 bits per heavy atom. The van der Waals surface area contributed by atoms with Gasteiger partial charge in [-0.05, 0) is 35.9 Å². The van der Waals surface area contributed by atoms with Gasteiger partial charge >= 0.3 is 5.97 Å². The Kier molecular flexibility index (Phi) is 5.38. The lowest BCUT2D eigenvalue weighted by Crippen LogP contribution is -2.20. The van der Waals surface area contributed by atoms with Gasteiger partial charge in [-0.2, -0.15) is 0 Å². The third-order valence-corrected chi connectivity index (χ3v) is 3.51. The van der Waals surface area contributed by atoms with Crippen LogP contribution in [0.2, 0.25) is 0 Å². The van der Waals surface area contributed by atoms with Crippen molar-refractivity contribution in [1.82, 2.24) is 0 Å². The van der Waals surface area contributed by atoms with Crippen LogP contribution in [-0.2, 0) is 14.3 Å².